The lowest BCUT2D eigenvalue weighted by molar-refractivity contribution is 0.626. The maximum absolute atomic E-state index is 13.0. The second-order valence-corrected chi connectivity index (χ2v) is 5.61. The Morgan fingerprint density at radius 3 is 2.52 bits per heavy atom. The van der Waals surface area contributed by atoms with E-state index in [1.54, 1.807) is 0 Å². The van der Waals surface area contributed by atoms with Crippen LogP contribution in [0.1, 0.15) is 18.1 Å². The third-order valence-electron chi connectivity index (χ3n) is 3.68. The largest absolute Gasteiger partial charge is 0.343 e. The third kappa shape index (κ3) is 2.98. The number of nitrogens with zero attached hydrogens (tertiary/aromatic N) is 1. The van der Waals surface area contributed by atoms with Gasteiger partial charge in [0.15, 0.2) is 0 Å². The van der Waals surface area contributed by atoms with Crippen LogP contribution in [0, 0.1) is 5.82 Å². The van der Waals surface area contributed by atoms with Gasteiger partial charge in [-0.1, -0.05) is 30.3 Å². The highest BCUT2D eigenvalue weighted by Crippen LogP contribution is 2.23. The first-order valence-electron chi connectivity index (χ1n) is 7.20. The minimum atomic E-state index is -0.200. The van der Waals surface area contributed by atoms with Gasteiger partial charge in [-0.2, -0.15) is 0 Å². The van der Waals surface area contributed by atoms with Gasteiger partial charge in [-0.15, -0.1) is 0 Å². The number of halogens is 1. The van der Waals surface area contributed by atoms with E-state index in [0.29, 0.717) is 0 Å². The quantitative estimate of drug-likeness (QED) is 0.777. The Kier molecular flexibility index (Phi) is 3.76. The van der Waals surface area contributed by atoms with Crippen LogP contribution in [-0.4, -0.2) is 10.6 Å². The maximum Gasteiger partial charge on any atom is 0.123 e. The molecule has 3 heteroatoms. The van der Waals surface area contributed by atoms with Crippen molar-refractivity contribution in [1.82, 2.24) is 4.57 Å². The molecule has 0 aliphatic rings. The molecule has 1 unspecified atom stereocenters. The maximum atomic E-state index is 13.0. The number of benzene rings is 2. The van der Waals surface area contributed by atoms with Gasteiger partial charge in [0.05, 0.1) is 0 Å². The summed E-state index contributed by atoms with van der Waals surface area (Å²) < 4.78 is 15.2. The minimum Gasteiger partial charge on any atom is -0.343 e. The fourth-order valence-corrected chi connectivity index (χ4v) is 2.75. The summed E-state index contributed by atoms with van der Waals surface area (Å²) >= 11 is 0. The fraction of sp³-hybridized carbons (Fsp3) is 0.222. The molecule has 21 heavy (non-hydrogen) atoms. The van der Waals surface area contributed by atoms with Crippen molar-refractivity contribution in [2.24, 2.45) is 5.73 Å². The van der Waals surface area contributed by atoms with Gasteiger partial charge in [0, 0.05) is 29.7 Å². The van der Waals surface area contributed by atoms with Gasteiger partial charge >= 0.3 is 0 Å². The van der Waals surface area contributed by atoms with Crippen LogP contribution in [-0.2, 0) is 13.0 Å². The predicted octanol–water partition coefficient (Wildman–Crippen LogP) is 3.72. The molecule has 0 bridgehead atoms. The molecule has 3 rings (SSSR count). The molecule has 0 amide bonds. The van der Waals surface area contributed by atoms with Crippen LogP contribution in [0.3, 0.4) is 0 Å². The van der Waals surface area contributed by atoms with Crippen molar-refractivity contribution >= 4 is 10.9 Å². The van der Waals surface area contributed by atoms with E-state index in [0.717, 1.165) is 18.5 Å². The third-order valence-corrected chi connectivity index (χ3v) is 3.68. The number of hydrogen-bond donors (Lipinski definition) is 1. The van der Waals surface area contributed by atoms with E-state index in [1.165, 1.54) is 28.6 Å². The Hall–Kier alpha value is -2.13. The molecule has 0 radical (unpaired) electrons. The average Bonchev–Trinajstić information content (AvgIpc) is 2.79. The summed E-state index contributed by atoms with van der Waals surface area (Å²) in [7, 11) is 0. The molecule has 108 valence electrons. The molecule has 0 saturated heterocycles. The fourth-order valence-electron chi connectivity index (χ4n) is 2.75. The molecule has 0 aliphatic heterocycles. The zero-order chi connectivity index (χ0) is 14.8. The first-order chi connectivity index (χ1) is 10.1. The highest BCUT2D eigenvalue weighted by molar-refractivity contribution is 5.84. The average molecular weight is 282 g/mol. The molecule has 2 nitrogen and oxygen atoms in total. The van der Waals surface area contributed by atoms with Crippen LogP contribution in [0.4, 0.5) is 4.39 Å². The summed E-state index contributed by atoms with van der Waals surface area (Å²) in [6.45, 7) is 2.76. The van der Waals surface area contributed by atoms with E-state index in [1.807, 2.05) is 25.1 Å². The summed E-state index contributed by atoms with van der Waals surface area (Å²) in [5, 5.41) is 1.25. The summed E-state index contributed by atoms with van der Waals surface area (Å²) in [5.74, 6) is -0.200. The summed E-state index contributed by atoms with van der Waals surface area (Å²) in [5.41, 5.74) is 9.49. The Bertz CT molecular complexity index is 742. The van der Waals surface area contributed by atoms with E-state index in [2.05, 4.69) is 29.0 Å². The zero-order valence-corrected chi connectivity index (χ0v) is 12.1. The first kappa shape index (κ1) is 13.8. The van der Waals surface area contributed by atoms with Crippen molar-refractivity contribution in [3.8, 4) is 0 Å². The molecule has 0 aliphatic carbocycles. The molecule has 3 aromatic rings. The van der Waals surface area contributed by atoms with Gasteiger partial charge in [0.2, 0.25) is 0 Å². The molecule has 2 N–H and O–H groups in total. The molecule has 0 spiro atoms. The van der Waals surface area contributed by atoms with Gasteiger partial charge in [0.25, 0.3) is 0 Å². The molecule has 1 aromatic heterocycles. The van der Waals surface area contributed by atoms with Crippen LogP contribution in [0.15, 0.2) is 54.7 Å². The van der Waals surface area contributed by atoms with E-state index >= 15 is 0 Å². The predicted molar refractivity (Wildman–Crippen MR) is 84.8 cm³/mol. The smallest absolute Gasteiger partial charge is 0.123 e. The summed E-state index contributed by atoms with van der Waals surface area (Å²) in [6, 6.07) is 15.1. The Morgan fingerprint density at radius 2 is 1.81 bits per heavy atom. The highest BCUT2D eigenvalue weighted by atomic mass is 19.1. The van der Waals surface area contributed by atoms with Gasteiger partial charge < -0.3 is 10.3 Å². The Balaban J connectivity index is 2.00. The standard InChI is InChI=1S/C18H19FN2/c1-13(20)10-15-12-21(18-5-3-2-4-17(15)18)11-14-6-8-16(19)9-7-14/h2-9,12-13H,10-11,20H2,1H3. The van der Waals surface area contributed by atoms with Crippen LogP contribution in [0.25, 0.3) is 10.9 Å². The zero-order valence-electron chi connectivity index (χ0n) is 12.1. The molecular weight excluding hydrogens is 263 g/mol. The van der Waals surface area contributed by atoms with Crippen molar-refractivity contribution in [2.75, 3.05) is 0 Å². The number of fused-ring (bicyclic) bond motifs is 1. The van der Waals surface area contributed by atoms with E-state index < -0.39 is 0 Å². The molecule has 0 fully saturated rings. The van der Waals surface area contributed by atoms with Gasteiger partial charge in [-0.25, -0.2) is 4.39 Å². The van der Waals surface area contributed by atoms with Crippen molar-refractivity contribution in [1.29, 1.82) is 0 Å². The van der Waals surface area contributed by atoms with Crippen LogP contribution < -0.4 is 5.73 Å². The molecule has 2 aromatic carbocycles. The lowest BCUT2D eigenvalue weighted by Gasteiger charge is -2.05. The number of rotatable bonds is 4. The SMILES string of the molecule is CC(N)Cc1cn(Cc2ccc(F)cc2)c2ccccc12. The van der Waals surface area contributed by atoms with E-state index in [9.17, 15) is 4.39 Å². The number of para-hydroxylation sites is 1. The first-order valence-corrected chi connectivity index (χ1v) is 7.20. The Labute approximate surface area is 124 Å². The van der Waals surface area contributed by atoms with Crippen LogP contribution in [0.5, 0.6) is 0 Å². The van der Waals surface area contributed by atoms with E-state index in [4.69, 9.17) is 5.73 Å². The lowest BCUT2D eigenvalue weighted by Crippen LogP contribution is -2.17. The minimum absolute atomic E-state index is 0.134. The van der Waals surface area contributed by atoms with Crippen LogP contribution in [0.2, 0.25) is 0 Å². The normalized spacial score (nSPS) is 12.7. The lowest BCUT2D eigenvalue weighted by atomic mass is 10.1. The highest BCUT2D eigenvalue weighted by Gasteiger charge is 2.09. The molecule has 0 saturated carbocycles. The second kappa shape index (κ2) is 5.70. The second-order valence-electron chi connectivity index (χ2n) is 5.61. The monoisotopic (exact) mass is 282 g/mol. The van der Waals surface area contributed by atoms with Gasteiger partial charge in [-0.3, -0.25) is 0 Å². The van der Waals surface area contributed by atoms with Gasteiger partial charge in [-0.05, 0) is 42.7 Å². The van der Waals surface area contributed by atoms with Crippen molar-refractivity contribution < 1.29 is 4.39 Å². The number of aromatic nitrogens is 1. The number of hydrogen-bond acceptors (Lipinski definition) is 1. The van der Waals surface area contributed by atoms with Crippen molar-refractivity contribution in [3.63, 3.8) is 0 Å². The van der Waals surface area contributed by atoms with Crippen molar-refractivity contribution in [2.45, 2.75) is 25.9 Å². The molecule has 1 heterocycles. The van der Waals surface area contributed by atoms with Gasteiger partial charge in [0.1, 0.15) is 5.82 Å². The molecule has 1 atom stereocenters. The van der Waals surface area contributed by atoms with Crippen LogP contribution >= 0.6 is 0 Å². The van der Waals surface area contributed by atoms with E-state index in [-0.39, 0.29) is 11.9 Å². The number of nitrogens with two attached hydrogens (primary N) is 1. The molecular formula is C18H19FN2. The Morgan fingerprint density at radius 1 is 1.10 bits per heavy atom. The summed E-state index contributed by atoms with van der Waals surface area (Å²) in [6.07, 6.45) is 3.02. The summed E-state index contributed by atoms with van der Waals surface area (Å²) in [4.78, 5) is 0. The van der Waals surface area contributed by atoms with Crippen molar-refractivity contribution in [3.05, 3.63) is 71.7 Å². The topological polar surface area (TPSA) is 30.9 Å².